The van der Waals surface area contributed by atoms with Crippen molar-refractivity contribution in [2.24, 2.45) is 5.92 Å². The van der Waals surface area contributed by atoms with Gasteiger partial charge in [-0.1, -0.05) is 6.07 Å². The highest BCUT2D eigenvalue weighted by molar-refractivity contribution is 5.95. The van der Waals surface area contributed by atoms with Crippen LogP contribution in [0, 0.1) is 5.92 Å². The standard InChI is InChI=1S/C13H15F3N2O/c14-13(15,16)10-4-2-6-18(8-10)12(19)9-3-1-5-11(17)7-9/h1,3,5,7,10H,2,4,6,8,17H2. The van der Waals surface area contributed by atoms with E-state index in [0.717, 1.165) is 0 Å². The lowest BCUT2D eigenvalue weighted by Crippen LogP contribution is -2.44. The smallest absolute Gasteiger partial charge is 0.393 e. The molecule has 1 aromatic carbocycles. The van der Waals surface area contributed by atoms with Crippen LogP contribution >= 0.6 is 0 Å². The summed E-state index contributed by atoms with van der Waals surface area (Å²) in [6.45, 7) is 0.0946. The van der Waals surface area contributed by atoms with Crippen molar-refractivity contribution in [2.45, 2.75) is 19.0 Å². The van der Waals surface area contributed by atoms with Gasteiger partial charge < -0.3 is 10.6 Å². The Hall–Kier alpha value is -1.72. The number of alkyl halides is 3. The zero-order valence-electron chi connectivity index (χ0n) is 10.3. The Kier molecular flexibility index (Phi) is 3.68. The molecule has 104 valence electrons. The third-order valence-electron chi connectivity index (χ3n) is 3.31. The summed E-state index contributed by atoms with van der Waals surface area (Å²) in [4.78, 5) is 13.4. The number of carbonyl (C=O) groups is 1. The average molecular weight is 272 g/mol. The van der Waals surface area contributed by atoms with E-state index in [0.29, 0.717) is 24.2 Å². The van der Waals surface area contributed by atoms with E-state index in [9.17, 15) is 18.0 Å². The predicted octanol–water partition coefficient (Wildman–Crippen LogP) is 2.68. The van der Waals surface area contributed by atoms with Gasteiger partial charge in [0.2, 0.25) is 0 Å². The number of nitrogens with two attached hydrogens (primary N) is 1. The molecule has 0 aliphatic carbocycles. The maximum atomic E-state index is 12.7. The lowest BCUT2D eigenvalue weighted by Gasteiger charge is -2.33. The van der Waals surface area contributed by atoms with Gasteiger partial charge in [-0.2, -0.15) is 13.2 Å². The van der Waals surface area contributed by atoms with Crippen molar-refractivity contribution in [3.8, 4) is 0 Å². The maximum Gasteiger partial charge on any atom is 0.393 e. The van der Waals surface area contributed by atoms with Crippen molar-refractivity contribution in [1.29, 1.82) is 0 Å². The van der Waals surface area contributed by atoms with Crippen molar-refractivity contribution < 1.29 is 18.0 Å². The first kappa shape index (κ1) is 13.7. The lowest BCUT2D eigenvalue weighted by molar-refractivity contribution is -0.184. The third kappa shape index (κ3) is 3.19. The highest BCUT2D eigenvalue weighted by atomic mass is 19.4. The number of benzene rings is 1. The number of anilines is 1. The van der Waals surface area contributed by atoms with E-state index in [1.807, 2.05) is 0 Å². The van der Waals surface area contributed by atoms with Crippen molar-refractivity contribution >= 4 is 11.6 Å². The molecule has 0 radical (unpaired) electrons. The van der Waals surface area contributed by atoms with E-state index in [2.05, 4.69) is 0 Å². The summed E-state index contributed by atoms with van der Waals surface area (Å²) in [5.74, 6) is -1.81. The molecular formula is C13H15F3N2O. The molecule has 1 amide bonds. The molecule has 1 aromatic rings. The fourth-order valence-electron chi connectivity index (χ4n) is 2.28. The molecule has 0 bridgehead atoms. The predicted molar refractivity (Wildman–Crippen MR) is 65.5 cm³/mol. The largest absolute Gasteiger partial charge is 0.399 e. The number of halogens is 3. The van der Waals surface area contributed by atoms with E-state index in [1.165, 1.54) is 11.0 Å². The molecule has 19 heavy (non-hydrogen) atoms. The number of amides is 1. The Morgan fingerprint density at radius 2 is 2.11 bits per heavy atom. The summed E-state index contributed by atoms with van der Waals surface area (Å²) < 4.78 is 38.1. The van der Waals surface area contributed by atoms with Crippen LogP contribution in [0.25, 0.3) is 0 Å². The van der Waals surface area contributed by atoms with E-state index < -0.39 is 12.1 Å². The van der Waals surface area contributed by atoms with Gasteiger partial charge >= 0.3 is 6.18 Å². The summed E-state index contributed by atoms with van der Waals surface area (Å²) in [6.07, 6.45) is -3.78. The minimum atomic E-state index is -4.24. The van der Waals surface area contributed by atoms with Crippen LogP contribution in [0.3, 0.4) is 0 Å². The second-order valence-corrected chi connectivity index (χ2v) is 4.76. The van der Waals surface area contributed by atoms with E-state index in [-0.39, 0.29) is 18.9 Å². The number of hydrogen-bond donors (Lipinski definition) is 1. The molecule has 2 N–H and O–H groups in total. The molecular weight excluding hydrogens is 257 g/mol. The quantitative estimate of drug-likeness (QED) is 0.799. The summed E-state index contributed by atoms with van der Waals surface area (Å²) in [6, 6.07) is 6.30. The van der Waals surface area contributed by atoms with Crippen LogP contribution in [0.2, 0.25) is 0 Å². The Labute approximate surface area is 109 Å². The summed E-state index contributed by atoms with van der Waals surface area (Å²) in [5.41, 5.74) is 6.33. The Morgan fingerprint density at radius 3 is 2.74 bits per heavy atom. The Morgan fingerprint density at radius 1 is 1.37 bits per heavy atom. The van der Waals surface area contributed by atoms with Gasteiger partial charge in [-0.15, -0.1) is 0 Å². The molecule has 1 saturated heterocycles. The molecule has 2 rings (SSSR count). The summed E-state index contributed by atoms with van der Waals surface area (Å²) in [7, 11) is 0. The molecule has 0 spiro atoms. The van der Waals surface area contributed by atoms with Crippen LogP contribution < -0.4 is 5.73 Å². The van der Waals surface area contributed by atoms with Gasteiger partial charge in [-0.05, 0) is 31.0 Å². The molecule has 3 nitrogen and oxygen atoms in total. The zero-order valence-corrected chi connectivity index (χ0v) is 10.3. The van der Waals surface area contributed by atoms with Crippen molar-refractivity contribution in [3.05, 3.63) is 29.8 Å². The van der Waals surface area contributed by atoms with E-state index in [1.54, 1.807) is 18.2 Å². The van der Waals surface area contributed by atoms with Crippen LogP contribution in [-0.4, -0.2) is 30.1 Å². The first-order valence-corrected chi connectivity index (χ1v) is 6.09. The van der Waals surface area contributed by atoms with Crippen molar-refractivity contribution in [2.75, 3.05) is 18.8 Å². The van der Waals surface area contributed by atoms with Crippen LogP contribution in [0.5, 0.6) is 0 Å². The second-order valence-electron chi connectivity index (χ2n) is 4.76. The minimum absolute atomic E-state index is 0.0875. The number of carbonyl (C=O) groups excluding carboxylic acids is 1. The zero-order chi connectivity index (χ0) is 14.0. The Bertz CT molecular complexity index is 473. The van der Waals surface area contributed by atoms with E-state index in [4.69, 9.17) is 5.73 Å². The molecule has 1 atom stereocenters. The van der Waals surface area contributed by atoms with E-state index >= 15 is 0 Å². The average Bonchev–Trinajstić information content (AvgIpc) is 2.37. The topological polar surface area (TPSA) is 46.3 Å². The molecule has 0 saturated carbocycles. The SMILES string of the molecule is Nc1cccc(C(=O)N2CCCC(C(F)(F)F)C2)c1. The normalized spacial score (nSPS) is 20.4. The van der Waals surface area contributed by atoms with Crippen molar-refractivity contribution in [3.63, 3.8) is 0 Å². The second kappa shape index (κ2) is 5.11. The Balaban J connectivity index is 2.11. The van der Waals surface area contributed by atoms with Crippen molar-refractivity contribution in [1.82, 2.24) is 4.90 Å². The highest BCUT2D eigenvalue weighted by Crippen LogP contribution is 2.33. The molecule has 1 aliphatic heterocycles. The highest BCUT2D eigenvalue weighted by Gasteiger charge is 2.42. The van der Waals surface area contributed by atoms with Gasteiger partial charge in [0.15, 0.2) is 0 Å². The number of likely N-dealkylation sites (tertiary alicyclic amines) is 1. The van der Waals surface area contributed by atoms with Gasteiger partial charge in [0.05, 0.1) is 5.92 Å². The number of nitrogen functional groups attached to an aromatic ring is 1. The van der Waals surface area contributed by atoms with Gasteiger partial charge in [0, 0.05) is 24.3 Å². The molecule has 6 heteroatoms. The van der Waals surface area contributed by atoms with Gasteiger partial charge in [0.25, 0.3) is 5.91 Å². The van der Waals surface area contributed by atoms with Gasteiger partial charge in [-0.25, -0.2) is 0 Å². The van der Waals surface area contributed by atoms with Crippen LogP contribution in [0.1, 0.15) is 23.2 Å². The summed E-state index contributed by atoms with van der Waals surface area (Å²) >= 11 is 0. The fraction of sp³-hybridized carbons (Fsp3) is 0.462. The number of rotatable bonds is 1. The molecule has 0 aromatic heterocycles. The third-order valence-corrected chi connectivity index (χ3v) is 3.31. The number of nitrogens with zero attached hydrogens (tertiary/aromatic N) is 1. The molecule has 1 fully saturated rings. The minimum Gasteiger partial charge on any atom is -0.399 e. The van der Waals surface area contributed by atoms with Crippen LogP contribution in [0.4, 0.5) is 18.9 Å². The van der Waals surface area contributed by atoms with Gasteiger partial charge in [-0.3, -0.25) is 4.79 Å². The monoisotopic (exact) mass is 272 g/mol. The number of hydrogen-bond acceptors (Lipinski definition) is 2. The van der Waals surface area contributed by atoms with Gasteiger partial charge in [0.1, 0.15) is 0 Å². The molecule has 1 aliphatic rings. The first-order valence-electron chi connectivity index (χ1n) is 6.09. The lowest BCUT2D eigenvalue weighted by atomic mass is 9.97. The fourth-order valence-corrected chi connectivity index (χ4v) is 2.28. The number of piperidine rings is 1. The first-order chi connectivity index (χ1) is 8.88. The van der Waals surface area contributed by atoms with Crippen LogP contribution in [0.15, 0.2) is 24.3 Å². The molecule has 1 unspecified atom stereocenters. The summed E-state index contributed by atoms with van der Waals surface area (Å²) in [5, 5.41) is 0. The van der Waals surface area contributed by atoms with Crippen LogP contribution in [-0.2, 0) is 0 Å². The maximum absolute atomic E-state index is 12.7. The molecule has 1 heterocycles.